The predicted molar refractivity (Wildman–Crippen MR) is 70.0 cm³/mol. The second-order valence-corrected chi connectivity index (χ2v) is 5.15. The van der Waals surface area contributed by atoms with Crippen molar-refractivity contribution in [2.75, 3.05) is 18.0 Å². The van der Waals surface area contributed by atoms with Crippen LogP contribution < -0.4 is 11.1 Å². The number of hydrogen-bond donors (Lipinski definition) is 2. The number of carbonyl (C=O) groups is 1. The summed E-state index contributed by atoms with van der Waals surface area (Å²) >= 11 is 0. The van der Waals surface area contributed by atoms with Crippen LogP contribution in [0.5, 0.6) is 0 Å². The van der Waals surface area contributed by atoms with Crippen LogP contribution in [0.3, 0.4) is 0 Å². The van der Waals surface area contributed by atoms with Crippen LogP contribution in [0.1, 0.15) is 19.8 Å². The molecule has 0 radical (unpaired) electrons. The highest BCUT2D eigenvalue weighted by atomic mass is 32.2. The van der Waals surface area contributed by atoms with Gasteiger partial charge in [0.05, 0.1) is 15.7 Å². The number of nitrogens with one attached hydrogen (secondary N) is 1. The predicted octanol–water partition coefficient (Wildman–Crippen LogP) is 1.29. The Morgan fingerprint density at radius 2 is 2.12 bits per heavy atom. The molecule has 1 atom stereocenters. The number of amides is 1. The van der Waals surface area contributed by atoms with E-state index in [-0.39, 0.29) is 11.7 Å². The Hall–Kier alpha value is -1.36. The lowest BCUT2D eigenvalue weighted by atomic mass is 10.3. The van der Waals surface area contributed by atoms with E-state index >= 15 is 0 Å². The molecule has 94 valence electrons. The average Bonchev–Trinajstić information content (AvgIpc) is 2.29. The molecule has 3 N–H and O–H groups in total. The maximum atomic E-state index is 11.9. The van der Waals surface area contributed by atoms with Crippen molar-refractivity contribution in [1.29, 1.82) is 0 Å². The summed E-state index contributed by atoms with van der Waals surface area (Å²) < 4.78 is 11.9. The van der Waals surface area contributed by atoms with Gasteiger partial charge >= 0.3 is 0 Å². The van der Waals surface area contributed by atoms with Crippen LogP contribution in [0.25, 0.3) is 0 Å². The molecule has 0 aliphatic carbocycles. The van der Waals surface area contributed by atoms with Gasteiger partial charge in [0.2, 0.25) is 5.91 Å². The Morgan fingerprint density at radius 1 is 1.41 bits per heavy atom. The van der Waals surface area contributed by atoms with Crippen LogP contribution >= 0.6 is 0 Å². The number of carbonyl (C=O) groups excluding carboxylic acids is 1. The van der Waals surface area contributed by atoms with Gasteiger partial charge < -0.3 is 11.1 Å². The van der Waals surface area contributed by atoms with E-state index in [0.29, 0.717) is 17.1 Å². The molecule has 0 aliphatic rings. The first kappa shape index (κ1) is 13.7. The second-order valence-electron chi connectivity index (χ2n) is 3.73. The van der Waals surface area contributed by atoms with E-state index < -0.39 is 10.8 Å². The summed E-state index contributed by atoms with van der Waals surface area (Å²) in [7, 11) is -1.37. The third-order valence-electron chi connectivity index (χ3n) is 2.28. The number of nitrogens with two attached hydrogens (primary N) is 1. The number of benzene rings is 1. The van der Waals surface area contributed by atoms with Crippen molar-refractivity contribution in [2.24, 2.45) is 0 Å². The molecular formula is C12H18N2O2S. The molecule has 17 heavy (non-hydrogen) atoms. The topological polar surface area (TPSA) is 72.2 Å². The maximum Gasteiger partial charge on any atom is 0.233 e. The fourth-order valence-corrected chi connectivity index (χ4v) is 2.40. The highest BCUT2D eigenvalue weighted by Gasteiger charge is 2.11. The van der Waals surface area contributed by atoms with E-state index in [2.05, 4.69) is 12.2 Å². The number of nitrogen functional groups attached to an aromatic ring is 1. The number of rotatable bonds is 6. The van der Waals surface area contributed by atoms with Crippen LogP contribution in [0, 0.1) is 0 Å². The fourth-order valence-electron chi connectivity index (χ4n) is 1.34. The molecule has 0 heterocycles. The number of para-hydroxylation sites is 1. The smallest absolute Gasteiger partial charge is 0.233 e. The van der Waals surface area contributed by atoms with E-state index in [4.69, 9.17) is 5.73 Å². The van der Waals surface area contributed by atoms with Gasteiger partial charge in [0.1, 0.15) is 5.75 Å². The molecule has 1 amide bonds. The zero-order chi connectivity index (χ0) is 12.7. The van der Waals surface area contributed by atoms with Crippen LogP contribution in [0.4, 0.5) is 5.69 Å². The minimum Gasteiger partial charge on any atom is -0.398 e. The summed E-state index contributed by atoms with van der Waals surface area (Å²) in [5.41, 5.74) is 6.16. The summed E-state index contributed by atoms with van der Waals surface area (Å²) in [5, 5.41) is 2.73. The van der Waals surface area contributed by atoms with Gasteiger partial charge in [-0.1, -0.05) is 25.5 Å². The standard InChI is InChI=1S/C12H18N2O2S/c1-2-3-8-14-12(15)9-17(16)11-7-5-4-6-10(11)13/h4-7H,2-3,8-9,13H2,1H3,(H,14,15). The van der Waals surface area contributed by atoms with E-state index in [1.807, 2.05) is 0 Å². The number of unbranched alkanes of at least 4 members (excludes halogenated alkanes) is 1. The van der Waals surface area contributed by atoms with Gasteiger partial charge in [-0.15, -0.1) is 0 Å². The molecule has 1 aromatic carbocycles. The molecular weight excluding hydrogens is 236 g/mol. The molecule has 1 aromatic rings. The molecule has 1 unspecified atom stereocenters. The highest BCUT2D eigenvalue weighted by molar-refractivity contribution is 7.86. The largest absolute Gasteiger partial charge is 0.398 e. The Bertz CT molecular complexity index is 407. The molecule has 0 saturated heterocycles. The van der Waals surface area contributed by atoms with Gasteiger partial charge in [0.15, 0.2) is 0 Å². The average molecular weight is 254 g/mol. The SMILES string of the molecule is CCCCNC(=O)CS(=O)c1ccccc1N. The minimum absolute atomic E-state index is 0.0298. The van der Waals surface area contributed by atoms with Gasteiger partial charge in [0, 0.05) is 12.2 Å². The third kappa shape index (κ3) is 4.56. The lowest BCUT2D eigenvalue weighted by Gasteiger charge is -2.06. The quantitative estimate of drug-likeness (QED) is 0.593. The van der Waals surface area contributed by atoms with E-state index in [1.54, 1.807) is 24.3 Å². The number of hydrogen-bond acceptors (Lipinski definition) is 3. The highest BCUT2D eigenvalue weighted by Crippen LogP contribution is 2.15. The first-order valence-corrected chi connectivity index (χ1v) is 6.96. The van der Waals surface area contributed by atoms with Crippen LogP contribution in [-0.4, -0.2) is 22.4 Å². The van der Waals surface area contributed by atoms with E-state index in [1.165, 1.54) is 0 Å². The summed E-state index contributed by atoms with van der Waals surface area (Å²) in [5.74, 6) is -0.224. The van der Waals surface area contributed by atoms with Crippen LogP contribution in [0.15, 0.2) is 29.2 Å². The Kier molecular flexibility index (Phi) is 5.69. The molecule has 0 aromatic heterocycles. The first-order chi connectivity index (χ1) is 8.15. The zero-order valence-corrected chi connectivity index (χ0v) is 10.8. The zero-order valence-electron chi connectivity index (χ0n) is 9.94. The van der Waals surface area contributed by atoms with Gasteiger partial charge in [-0.25, -0.2) is 0 Å². The Morgan fingerprint density at radius 3 is 2.76 bits per heavy atom. The molecule has 4 nitrogen and oxygen atoms in total. The molecule has 0 spiro atoms. The van der Waals surface area contributed by atoms with Gasteiger partial charge in [-0.3, -0.25) is 9.00 Å². The van der Waals surface area contributed by atoms with Crippen molar-refractivity contribution >= 4 is 22.4 Å². The fraction of sp³-hybridized carbons (Fsp3) is 0.417. The monoisotopic (exact) mass is 254 g/mol. The molecule has 5 heteroatoms. The van der Waals surface area contributed by atoms with E-state index in [9.17, 15) is 9.00 Å². The van der Waals surface area contributed by atoms with Gasteiger partial charge in [-0.2, -0.15) is 0 Å². The summed E-state index contributed by atoms with van der Waals surface area (Å²) in [6.07, 6.45) is 1.96. The van der Waals surface area contributed by atoms with Crippen molar-refractivity contribution in [3.8, 4) is 0 Å². The minimum atomic E-state index is -1.37. The molecule has 0 saturated carbocycles. The normalized spacial score (nSPS) is 12.1. The molecule has 0 aliphatic heterocycles. The van der Waals surface area contributed by atoms with Gasteiger partial charge in [-0.05, 0) is 18.6 Å². The second kappa shape index (κ2) is 7.06. The van der Waals surface area contributed by atoms with Crippen molar-refractivity contribution in [1.82, 2.24) is 5.32 Å². The van der Waals surface area contributed by atoms with Crippen molar-refractivity contribution in [3.63, 3.8) is 0 Å². The third-order valence-corrected chi connectivity index (χ3v) is 3.67. The van der Waals surface area contributed by atoms with Crippen molar-refractivity contribution in [2.45, 2.75) is 24.7 Å². The molecule has 1 rings (SSSR count). The Labute approximate surface area is 104 Å². The summed E-state index contributed by atoms with van der Waals surface area (Å²) in [6.45, 7) is 2.69. The Balaban J connectivity index is 2.49. The molecule has 0 fully saturated rings. The van der Waals surface area contributed by atoms with Crippen LogP contribution in [0.2, 0.25) is 0 Å². The maximum absolute atomic E-state index is 11.9. The first-order valence-electron chi connectivity index (χ1n) is 5.64. The lowest BCUT2D eigenvalue weighted by molar-refractivity contribution is -0.118. The molecule has 0 bridgehead atoms. The van der Waals surface area contributed by atoms with E-state index in [0.717, 1.165) is 12.8 Å². The van der Waals surface area contributed by atoms with Crippen molar-refractivity contribution in [3.05, 3.63) is 24.3 Å². The number of anilines is 1. The van der Waals surface area contributed by atoms with Crippen LogP contribution in [-0.2, 0) is 15.6 Å². The summed E-state index contributed by atoms with van der Waals surface area (Å²) in [6, 6.07) is 6.91. The van der Waals surface area contributed by atoms with Gasteiger partial charge in [0.25, 0.3) is 0 Å². The lowest BCUT2D eigenvalue weighted by Crippen LogP contribution is -2.29. The van der Waals surface area contributed by atoms with Crippen molar-refractivity contribution < 1.29 is 9.00 Å². The summed E-state index contributed by atoms with van der Waals surface area (Å²) in [4.78, 5) is 12.0.